The maximum absolute atomic E-state index is 11.6. The molecule has 0 radical (unpaired) electrons. The highest BCUT2D eigenvalue weighted by Crippen LogP contribution is 2.41. The monoisotopic (exact) mass is 280 g/mol. The van der Waals surface area contributed by atoms with E-state index in [0.717, 1.165) is 49.2 Å². The van der Waals surface area contributed by atoms with Gasteiger partial charge in [0.05, 0.1) is 7.11 Å². The zero-order valence-electron chi connectivity index (χ0n) is 11.2. The summed E-state index contributed by atoms with van der Waals surface area (Å²) in [5.74, 6) is 0.932. The quantitative estimate of drug-likeness (QED) is 0.893. The van der Waals surface area contributed by atoms with Crippen molar-refractivity contribution in [1.82, 2.24) is 0 Å². The van der Waals surface area contributed by atoms with E-state index < -0.39 is 10.7 Å². The number of carbonyl (C=O) groups is 1. The molecule has 1 saturated carbocycles. The summed E-state index contributed by atoms with van der Waals surface area (Å²) in [7, 11) is 1.64. The molecular weight excluding hydrogens is 260 g/mol. The van der Waals surface area contributed by atoms with E-state index in [0.29, 0.717) is 0 Å². The molecule has 19 heavy (non-hydrogen) atoms. The number of methoxy groups -OCH3 is 1. The van der Waals surface area contributed by atoms with Gasteiger partial charge in [-0.2, -0.15) is 0 Å². The molecule has 1 aromatic carbocycles. The van der Waals surface area contributed by atoms with Gasteiger partial charge in [0.2, 0.25) is 0 Å². The minimum atomic E-state index is -0.647. The highest BCUT2D eigenvalue weighted by atomic mass is 32.2. The number of thioether (sulfide) groups is 1. The first kappa shape index (κ1) is 14.3. The lowest BCUT2D eigenvalue weighted by molar-refractivity contribution is -0.140. The molecule has 0 unspecified atom stereocenters. The molecule has 1 N–H and O–H groups in total. The highest BCUT2D eigenvalue weighted by Gasteiger charge is 2.39. The summed E-state index contributed by atoms with van der Waals surface area (Å²) >= 11 is 1.58. The van der Waals surface area contributed by atoms with Crippen molar-refractivity contribution in [2.24, 2.45) is 0 Å². The molecule has 1 fully saturated rings. The molecule has 4 heteroatoms. The van der Waals surface area contributed by atoms with E-state index in [9.17, 15) is 9.90 Å². The molecule has 0 atom stereocenters. The third-order valence-corrected chi connectivity index (χ3v) is 5.34. The van der Waals surface area contributed by atoms with E-state index in [2.05, 4.69) is 0 Å². The molecule has 0 heterocycles. The van der Waals surface area contributed by atoms with Gasteiger partial charge in [0.15, 0.2) is 0 Å². The highest BCUT2D eigenvalue weighted by molar-refractivity contribution is 8.00. The first-order chi connectivity index (χ1) is 9.16. The number of hydrogen-bond donors (Lipinski definition) is 1. The van der Waals surface area contributed by atoms with Crippen LogP contribution < -0.4 is 4.74 Å². The molecule has 0 spiro atoms. The molecule has 0 amide bonds. The first-order valence-electron chi connectivity index (χ1n) is 6.66. The van der Waals surface area contributed by atoms with Gasteiger partial charge in [-0.05, 0) is 30.5 Å². The lowest BCUT2D eigenvalue weighted by atomic mass is 9.88. The second-order valence-electron chi connectivity index (χ2n) is 5.00. The van der Waals surface area contributed by atoms with Crippen LogP contribution in [-0.4, -0.2) is 22.9 Å². The van der Waals surface area contributed by atoms with Crippen molar-refractivity contribution in [3.63, 3.8) is 0 Å². The van der Waals surface area contributed by atoms with Gasteiger partial charge in [0, 0.05) is 5.75 Å². The predicted octanol–water partition coefficient (Wildman–Crippen LogP) is 3.72. The van der Waals surface area contributed by atoms with E-state index >= 15 is 0 Å². The Balaban J connectivity index is 2.00. The Kier molecular flexibility index (Phi) is 4.75. The molecular formula is C15H20O3S. The molecule has 1 aromatic rings. The van der Waals surface area contributed by atoms with Crippen LogP contribution >= 0.6 is 11.8 Å². The Morgan fingerprint density at radius 3 is 2.42 bits per heavy atom. The number of hydrogen-bond acceptors (Lipinski definition) is 3. The summed E-state index contributed by atoms with van der Waals surface area (Å²) in [5, 5.41) is 9.51. The second-order valence-corrected chi connectivity index (χ2v) is 6.36. The van der Waals surface area contributed by atoms with Crippen molar-refractivity contribution >= 4 is 17.7 Å². The van der Waals surface area contributed by atoms with Gasteiger partial charge in [-0.1, -0.05) is 31.4 Å². The van der Waals surface area contributed by atoms with E-state index in [1.165, 1.54) is 0 Å². The fraction of sp³-hybridized carbons (Fsp3) is 0.533. The second kappa shape index (κ2) is 6.33. The van der Waals surface area contributed by atoms with Crippen molar-refractivity contribution < 1.29 is 14.6 Å². The molecule has 2 rings (SSSR count). The number of carboxylic acids is 1. The Labute approximate surface area is 118 Å². The van der Waals surface area contributed by atoms with Crippen LogP contribution in [0.4, 0.5) is 0 Å². The Hall–Kier alpha value is -1.16. The number of aliphatic carboxylic acids is 1. The van der Waals surface area contributed by atoms with Gasteiger partial charge in [-0.25, -0.2) is 0 Å². The maximum atomic E-state index is 11.6. The smallest absolute Gasteiger partial charge is 0.319 e. The standard InChI is InChI=1S/C15H20O3S/c1-18-13-7-5-12(6-8-13)11-19-15(14(16)17)9-3-2-4-10-15/h5-8H,2-4,9-11H2,1H3,(H,16,17). The molecule has 1 aliphatic carbocycles. The topological polar surface area (TPSA) is 46.5 Å². The fourth-order valence-electron chi connectivity index (χ4n) is 2.49. The van der Waals surface area contributed by atoms with E-state index in [4.69, 9.17) is 4.74 Å². The number of carboxylic acid groups (broad SMARTS) is 1. The average molecular weight is 280 g/mol. The molecule has 1 aliphatic rings. The van der Waals surface area contributed by atoms with Crippen molar-refractivity contribution in [2.45, 2.75) is 42.6 Å². The Morgan fingerprint density at radius 2 is 1.89 bits per heavy atom. The largest absolute Gasteiger partial charge is 0.497 e. The number of rotatable bonds is 5. The minimum Gasteiger partial charge on any atom is -0.497 e. The predicted molar refractivity (Wildman–Crippen MR) is 77.7 cm³/mol. The third kappa shape index (κ3) is 3.44. The SMILES string of the molecule is COc1ccc(CSC2(C(=O)O)CCCCC2)cc1. The van der Waals surface area contributed by atoms with Gasteiger partial charge in [-0.15, -0.1) is 11.8 Å². The molecule has 0 saturated heterocycles. The minimum absolute atomic E-state index is 0.571. The molecule has 0 aliphatic heterocycles. The van der Waals surface area contributed by atoms with Crippen LogP contribution in [0, 0.1) is 0 Å². The van der Waals surface area contributed by atoms with Crippen LogP contribution in [-0.2, 0) is 10.5 Å². The molecule has 3 nitrogen and oxygen atoms in total. The van der Waals surface area contributed by atoms with Crippen LogP contribution in [0.1, 0.15) is 37.7 Å². The summed E-state index contributed by atoms with van der Waals surface area (Å²) < 4.78 is 4.55. The van der Waals surface area contributed by atoms with Gasteiger partial charge in [0.25, 0.3) is 0 Å². The summed E-state index contributed by atoms with van der Waals surface area (Å²) in [6.07, 6.45) is 4.81. The van der Waals surface area contributed by atoms with E-state index in [1.807, 2.05) is 24.3 Å². The van der Waals surface area contributed by atoms with Crippen molar-refractivity contribution in [3.8, 4) is 5.75 Å². The van der Waals surface area contributed by atoms with E-state index in [1.54, 1.807) is 18.9 Å². The first-order valence-corrected chi connectivity index (χ1v) is 7.65. The summed E-state index contributed by atoms with van der Waals surface area (Å²) in [6.45, 7) is 0. The Morgan fingerprint density at radius 1 is 1.26 bits per heavy atom. The zero-order chi connectivity index (χ0) is 13.7. The van der Waals surface area contributed by atoms with Crippen LogP contribution in [0.25, 0.3) is 0 Å². The summed E-state index contributed by atoms with van der Waals surface area (Å²) in [4.78, 5) is 11.6. The maximum Gasteiger partial charge on any atom is 0.319 e. The Bertz CT molecular complexity index is 422. The van der Waals surface area contributed by atoms with Crippen molar-refractivity contribution in [3.05, 3.63) is 29.8 Å². The third-order valence-electron chi connectivity index (χ3n) is 3.73. The van der Waals surface area contributed by atoms with Gasteiger partial charge >= 0.3 is 5.97 Å². The van der Waals surface area contributed by atoms with Crippen LogP contribution in [0.15, 0.2) is 24.3 Å². The lowest BCUT2D eigenvalue weighted by Crippen LogP contribution is -2.37. The zero-order valence-corrected chi connectivity index (χ0v) is 12.0. The molecule has 0 aromatic heterocycles. The van der Waals surface area contributed by atoms with Gasteiger partial charge in [0.1, 0.15) is 10.5 Å². The van der Waals surface area contributed by atoms with Crippen molar-refractivity contribution in [1.29, 1.82) is 0 Å². The van der Waals surface area contributed by atoms with Gasteiger partial charge < -0.3 is 9.84 Å². The normalized spacial score (nSPS) is 17.9. The van der Waals surface area contributed by atoms with Crippen LogP contribution in [0.5, 0.6) is 5.75 Å². The van der Waals surface area contributed by atoms with Crippen LogP contribution in [0.3, 0.4) is 0 Å². The summed E-state index contributed by atoms with van der Waals surface area (Å²) in [6, 6.07) is 7.85. The fourth-order valence-corrected chi connectivity index (χ4v) is 3.82. The summed E-state index contributed by atoms with van der Waals surface area (Å²) in [5.41, 5.74) is 1.15. The number of benzene rings is 1. The molecule has 104 valence electrons. The van der Waals surface area contributed by atoms with Gasteiger partial charge in [-0.3, -0.25) is 4.79 Å². The van der Waals surface area contributed by atoms with Crippen LogP contribution in [0.2, 0.25) is 0 Å². The number of ether oxygens (including phenoxy) is 1. The lowest BCUT2D eigenvalue weighted by Gasteiger charge is -2.32. The van der Waals surface area contributed by atoms with Crippen molar-refractivity contribution in [2.75, 3.05) is 7.11 Å². The average Bonchev–Trinajstić information content (AvgIpc) is 2.46. The van der Waals surface area contributed by atoms with E-state index in [-0.39, 0.29) is 0 Å². The molecule has 0 bridgehead atoms.